The van der Waals surface area contributed by atoms with E-state index < -0.39 is 0 Å². The third-order valence-corrected chi connectivity index (χ3v) is 4.93. The molecule has 1 aliphatic heterocycles. The lowest BCUT2D eigenvalue weighted by Gasteiger charge is -2.25. The summed E-state index contributed by atoms with van der Waals surface area (Å²) in [6.45, 7) is 4.80. The van der Waals surface area contributed by atoms with E-state index in [0.717, 1.165) is 24.2 Å². The van der Waals surface area contributed by atoms with Gasteiger partial charge in [0.25, 0.3) is 5.91 Å². The molecule has 0 fully saturated rings. The van der Waals surface area contributed by atoms with Crippen molar-refractivity contribution in [1.82, 2.24) is 14.8 Å². The van der Waals surface area contributed by atoms with Crippen LogP contribution in [0.15, 0.2) is 53.8 Å². The molecule has 4 rings (SSSR count). The Morgan fingerprint density at radius 3 is 2.89 bits per heavy atom. The summed E-state index contributed by atoms with van der Waals surface area (Å²) < 4.78 is 7.43. The van der Waals surface area contributed by atoms with E-state index in [1.807, 2.05) is 30.3 Å². The molecule has 0 radical (unpaired) electrons. The second-order valence-corrected chi connectivity index (χ2v) is 7.27. The molecule has 1 unspecified atom stereocenters. The standard InChI is InChI=1S/C21H24N4O2/c1-14(2)17-10-6-7-11-18(17)27-13-16-12-19(26)25-21(22-16)23-20(24-25)15-8-4-3-5-9-15/h3-5,7-9,11,14,16H,6,10,12-13H2,1-2H3,(H,22,23,24). The van der Waals surface area contributed by atoms with Crippen molar-refractivity contribution in [2.24, 2.45) is 5.92 Å². The van der Waals surface area contributed by atoms with Crippen LogP contribution in [0, 0.1) is 5.92 Å². The van der Waals surface area contributed by atoms with Crippen LogP contribution in [0.4, 0.5) is 5.95 Å². The molecule has 1 aromatic heterocycles. The van der Waals surface area contributed by atoms with E-state index in [4.69, 9.17) is 4.74 Å². The highest BCUT2D eigenvalue weighted by atomic mass is 16.5. The first-order valence-corrected chi connectivity index (χ1v) is 9.46. The van der Waals surface area contributed by atoms with Crippen LogP contribution in [0.5, 0.6) is 0 Å². The topological polar surface area (TPSA) is 69.0 Å². The van der Waals surface area contributed by atoms with Gasteiger partial charge in [0.05, 0.1) is 12.5 Å². The number of hydrogen-bond acceptors (Lipinski definition) is 5. The van der Waals surface area contributed by atoms with Gasteiger partial charge in [-0.25, -0.2) is 0 Å². The fourth-order valence-electron chi connectivity index (χ4n) is 3.48. The van der Waals surface area contributed by atoms with Gasteiger partial charge in [-0.1, -0.05) is 50.3 Å². The summed E-state index contributed by atoms with van der Waals surface area (Å²) in [5.41, 5.74) is 2.23. The average Bonchev–Trinajstić information content (AvgIpc) is 3.12. The summed E-state index contributed by atoms with van der Waals surface area (Å²) in [4.78, 5) is 17.0. The van der Waals surface area contributed by atoms with Gasteiger partial charge in [0.15, 0.2) is 5.82 Å². The summed E-state index contributed by atoms with van der Waals surface area (Å²) >= 11 is 0. The summed E-state index contributed by atoms with van der Waals surface area (Å²) in [6, 6.07) is 9.55. The molecule has 140 valence electrons. The third-order valence-electron chi connectivity index (χ3n) is 4.93. The van der Waals surface area contributed by atoms with Crippen LogP contribution in [-0.2, 0) is 4.74 Å². The molecule has 0 amide bonds. The van der Waals surface area contributed by atoms with Gasteiger partial charge in [-0.2, -0.15) is 9.67 Å². The predicted molar refractivity (Wildman–Crippen MR) is 104 cm³/mol. The molecule has 6 nitrogen and oxygen atoms in total. The summed E-state index contributed by atoms with van der Waals surface area (Å²) in [6.07, 6.45) is 6.63. The largest absolute Gasteiger partial charge is 0.491 e. The molecule has 27 heavy (non-hydrogen) atoms. The second-order valence-electron chi connectivity index (χ2n) is 7.27. The monoisotopic (exact) mass is 364 g/mol. The van der Waals surface area contributed by atoms with Crippen molar-refractivity contribution in [3.63, 3.8) is 0 Å². The minimum Gasteiger partial charge on any atom is -0.491 e. The first-order valence-electron chi connectivity index (χ1n) is 9.46. The highest BCUT2D eigenvalue weighted by Gasteiger charge is 2.28. The second kappa shape index (κ2) is 7.39. The number of carbonyl (C=O) groups is 1. The number of allylic oxidation sites excluding steroid dienone is 3. The fourth-order valence-corrected chi connectivity index (χ4v) is 3.48. The number of nitrogens with one attached hydrogen (secondary N) is 1. The molecule has 1 atom stereocenters. The Morgan fingerprint density at radius 1 is 1.30 bits per heavy atom. The van der Waals surface area contributed by atoms with Crippen LogP contribution in [-0.4, -0.2) is 33.3 Å². The van der Waals surface area contributed by atoms with Gasteiger partial charge in [-0.3, -0.25) is 4.79 Å². The molecule has 0 spiro atoms. The maximum absolute atomic E-state index is 12.5. The zero-order valence-electron chi connectivity index (χ0n) is 15.7. The molecule has 0 bridgehead atoms. The van der Waals surface area contributed by atoms with Crippen molar-refractivity contribution in [3.05, 3.63) is 53.8 Å². The Bertz CT molecular complexity index is 896. The van der Waals surface area contributed by atoms with Crippen molar-refractivity contribution < 1.29 is 9.53 Å². The van der Waals surface area contributed by atoms with Crippen molar-refractivity contribution in [1.29, 1.82) is 0 Å². The highest BCUT2D eigenvalue weighted by Crippen LogP contribution is 2.27. The number of aromatic nitrogens is 3. The van der Waals surface area contributed by atoms with Crippen LogP contribution in [0.1, 0.15) is 37.9 Å². The minimum absolute atomic E-state index is 0.0655. The van der Waals surface area contributed by atoms with Crippen LogP contribution in [0.3, 0.4) is 0 Å². The zero-order chi connectivity index (χ0) is 18.8. The average molecular weight is 364 g/mol. The van der Waals surface area contributed by atoms with Crippen LogP contribution >= 0.6 is 0 Å². The van der Waals surface area contributed by atoms with E-state index in [9.17, 15) is 4.79 Å². The molecular weight excluding hydrogens is 340 g/mol. The van der Waals surface area contributed by atoms with E-state index in [1.165, 1.54) is 10.3 Å². The molecule has 1 N–H and O–H groups in total. The SMILES string of the molecule is CC(C)C1=C(OCC2CC(=O)n3nc(-c4ccccc4)nc3N2)C=CCC1. The summed E-state index contributed by atoms with van der Waals surface area (Å²) in [5.74, 6) is 2.37. The van der Waals surface area contributed by atoms with E-state index in [-0.39, 0.29) is 11.9 Å². The molecule has 1 aliphatic carbocycles. The number of carbonyl (C=O) groups excluding carboxylic acids is 1. The normalized spacial score (nSPS) is 19.2. The molecule has 1 aromatic carbocycles. The summed E-state index contributed by atoms with van der Waals surface area (Å²) in [7, 11) is 0. The van der Waals surface area contributed by atoms with Crippen molar-refractivity contribution >= 4 is 11.9 Å². The van der Waals surface area contributed by atoms with Crippen LogP contribution < -0.4 is 5.32 Å². The van der Waals surface area contributed by atoms with Gasteiger partial charge >= 0.3 is 0 Å². The van der Waals surface area contributed by atoms with Crippen LogP contribution in [0.2, 0.25) is 0 Å². The molecule has 2 heterocycles. The van der Waals surface area contributed by atoms with E-state index in [0.29, 0.717) is 30.7 Å². The number of rotatable bonds is 5. The van der Waals surface area contributed by atoms with Crippen LogP contribution in [0.25, 0.3) is 11.4 Å². The quantitative estimate of drug-likeness (QED) is 0.867. The Balaban J connectivity index is 1.48. The number of nitrogens with zero attached hydrogens (tertiary/aromatic N) is 3. The lowest BCUT2D eigenvalue weighted by atomic mass is 9.93. The predicted octanol–water partition coefficient (Wildman–Crippen LogP) is 4.05. The Kier molecular flexibility index (Phi) is 4.79. The molecule has 6 heteroatoms. The van der Waals surface area contributed by atoms with Gasteiger partial charge < -0.3 is 10.1 Å². The fraction of sp³-hybridized carbons (Fsp3) is 0.381. The Labute approximate surface area is 158 Å². The minimum atomic E-state index is -0.117. The molecule has 2 aromatic rings. The number of anilines is 1. The van der Waals surface area contributed by atoms with Crippen molar-refractivity contribution in [2.75, 3.05) is 11.9 Å². The lowest BCUT2D eigenvalue weighted by molar-refractivity contribution is 0.0850. The van der Waals surface area contributed by atoms with Gasteiger partial charge in [0.1, 0.15) is 12.4 Å². The number of fused-ring (bicyclic) bond motifs is 1. The third kappa shape index (κ3) is 3.65. The number of ether oxygens (including phenoxy) is 1. The van der Waals surface area contributed by atoms with Gasteiger partial charge in [0, 0.05) is 5.56 Å². The van der Waals surface area contributed by atoms with E-state index in [2.05, 4.69) is 41.4 Å². The maximum Gasteiger partial charge on any atom is 0.252 e. The number of hydrogen-bond donors (Lipinski definition) is 1. The maximum atomic E-state index is 12.5. The van der Waals surface area contributed by atoms with E-state index in [1.54, 1.807) is 0 Å². The lowest BCUT2D eigenvalue weighted by Crippen LogP contribution is -2.37. The molecular formula is C21H24N4O2. The van der Waals surface area contributed by atoms with Gasteiger partial charge in [0.2, 0.25) is 5.95 Å². The van der Waals surface area contributed by atoms with E-state index >= 15 is 0 Å². The number of benzene rings is 1. The summed E-state index contributed by atoms with van der Waals surface area (Å²) in [5, 5.41) is 7.65. The zero-order valence-corrected chi connectivity index (χ0v) is 15.7. The Morgan fingerprint density at radius 2 is 2.11 bits per heavy atom. The highest BCUT2D eigenvalue weighted by molar-refractivity contribution is 5.84. The molecule has 0 saturated carbocycles. The van der Waals surface area contributed by atoms with Crippen molar-refractivity contribution in [3.8, 4) is 11.4 Å². The first-order chi connectivity index (χ1) is 13.1. The van der Waals surface area contributed by atoms with Gasteiger partial charge in [-0.15, -0.1) is 5.10 Å². The molecule has 2 aliphatic rings. The Hall–Kier alpha value is -2.89. The molecule has 0 saturated heterocycles. The van der Waals surface area contributed by atoms with Crippen molar-refractivity contribution in [2.45, 2.75) is 39.2 Å². The smallest absolute Gasteiger partial charge is 0.252 e. The van der Waals surface area contributed by atoms with Gasteiger partial charge in [-0.05, 0) is 30.4 Å². The first kappa shape index (κ1) is 17.5.